The Balaban J connectivity index is 2.14. The minimum Gasteiger partial charge on any atom is -0.300 e. The number of carbonyl (C=O) groups excluding carboxylic acids is 1. The first kappa shape index (κ1) is 14.7. The molecule has 1 aromatic heterocycles. The summed E-state index contributed by atoms with van der Waals surface area (Å²) in [4.78, 5) is 12.4. The molecule has 5 heteroatoms. The Morgan fingerprint density at radius 3 is 2.40 bits per heavy atom. The minimum absolute atomic E-state index is 0.0739. The molecule has 20 heavy (non-hydrogen) atoms. The van der Waals surface area contributed by atoms with Gasteiger partial charge in [-0.15, -0.1) is 10.2 Å². The maximum absolute atomic E-state index is 12.4. The molecule has 0 saturated carbocycles. The summed E-state index contributed by atoms with van der Waals surface area (Å²) in [5, 5.41) is 12.4. The van der Waals surface area contributed by atoms with E-state index in [0.29, 0.717) is 11.0 Å². The Morgan fingerprint density at radius 2 is 1.85 bits per heavy atom. The molecule has 1 N–H and O–H groups in total. The molecule has 0 fully saturated rings. The third-order valence-electron chi connectivity index (χ3n) is 3.22. The largest absolute Gasteiger partial charge is 0.300 e. The molecule has 0 saturated heterocycles. The van der Waals surface area contributed by atoms with Crippen LogP contribution in [-0.4, -0.2) is 16.1 Å². The number of carbonyl (C=O) groups is 1. The normalized spacial score (nSPS) is 11.7. The number of nitrogens with zero attached hydrogens (tertiary/aromatic N) is 2. The van der Waals surface area contributed by atoms with Crippen LogP contribution in [0.15, 0.2) is 30.3 Å². The first-order valence-corrected chi connectivity index (χ1v) is 7.43. The summed E-state index contributed by atoms with van der Waals surface area (Å²) in [5.74, 6) is 0.246. The average Bonchev–Trinajstić information content (AvgIpc) is 2.88. The molecule has 0 aliphatic carbocycles. The number of aromatic nitrogens is 2. The summed E-state index contributed by atoms with van der Waals surface area (Å²) in [6.45, 7) is 7.92. The van der Waals surface area contributed by atoms with Crippen LogP contribution in [0.4, 0.5) is 5.13 Å². The Bertz CT molecular complexity index is 590. The van der Waals surface area contributed by atoms with Crippen LogP contribution in [0.2, 0.25) is 0 Å². The fraction of sp³-hybridized carbons (Fsp3) is 0.400. The average molecular weight is 289 g/mol. The lowest BCUT2D eigenvalue weighted by Crippen LogP contribution is -2.34. The Hall–Kier alpha value is -1.75. The van der Waals surface area contributed by atoms with Gasteiger partial charge < -0.3 is 0 Å². The highest BCUT2D eigenvalue weighted by Crippen LogP contribution is 2.27. The molecule has 0 bridgehead atoms. The Labute approximate surface area is 123 Å². The van der Waals surface area contributed by atoms with Crippen LogP contribution in [-0.2, 0) is 10.2 Å². The number of anilines is 1. The number of nitrogens with one attached hydrogen (secondary N) is 1. The predicted octanol–water partition coefficient (Wildman–Crippen LogP) is 3.58. The second kappa shape index (κ2) is 5.71. The Kier molecular flexibility index (Phi) is 4.18. The Morgan fingerprint density at radius 1 is 1.20 bits per heavy atom. The first-order chi connectivity index (χ1) is 9.41. The third-order valence-corrected chi connectivity index (χ3v) is 4.36. The highest BCUT2D eigenvalue weighted by Gasteiger charge is 2.30. The molecule has 0 spiro atoms. The zero-order chi connectivity index (χ0) is 14.8. The number of hydrogen-bond acceptors (Lipinski definition) is 4. The van der Waals surface area contributed by atoms with E-state index in [4.69, 9.17) is 0 Å². The van der Waals surface area contributed by atoms with Crippen molar-refractivity contribution in [3.8, 4) is 0 Å². The van der Waals surface area contributed by atoms with E-state index >= 15 is 0 Å². The third kappa shape index (κ3) is 3.04. The molecule has 2 rings (SSSR count). The maximum Gasteiger partial charge on any atom is 0.236 e. The zero-order valence-corrected chi connectivity index (χ0v) is 13.0. The number of hydrogen-bond donors (Lipinski definition) is 1. The molecule has 0 radical (unpaired) electrons. The van der Waals surface area contributed by atoms with Crippen molar-refractivity contribution < 1.29 is 4.79 Å². The van der Waals surface area contributed by atoms with Crippen LogP contribution in [0.3, 0.4) is 0 Å². The SMILES string of the molecule is CC(C)c1nnc(NC(=O)C(C)(C)c2ccccc2)s1. The van der Waals surface area contributed by atoms with E-state index in [1.807, 2.05) is 44.2 Å². The summed E-state index contributed by atoms with van der Waals surface area (Å²) < 4.78 is 0. The number of rotatable bonds is 4. The van der Waals surface area contributed by atoms with Crippen LogP contribution in [0.1, 0.15) is 44.2 Å². The van der Waals surface area contributed by atoms with Crippen molar-refractivity contribution in [2.75, 3.05) is 5.32 Å². The van der Waals surface area contributed by atoms with Gasteiger partial charge in [0.25, 0.3) is 0 Å². The van der Waals surface area contributed by atoms with Crippen molar-refractivity contribution in [1.82, 2.24) is 10.2 Å². The predicted molar refractivity (Wildman–Crippen MR) is 82.1 cm³/mol. The van der Waals surface area contributed by atoms with Crippen LogP contribution < -0.4 is 5.32 Å². The van der Waals surface area contributed by atoms with E-state index in [-0.39, 0.29) is 5.91 Å². The quantitative estimate of drug-likeness (QED) is 0.936. The van der Waals surface area contributed by atoms with Crippen LogP contribution >= 0.6 is 11.3 Å². The van der Waals surface area contributed by atoms with E-state index in [1.54, 1.807) is 0 Å². The summed E-state index contributed by atoms with van der Waals surface area (Å²) in [7, 11) is 0. The minimum atomic E-state index is -0.606. The van der Waals surface area contributed by atoms with Crippen molar-refractivity contribution in [3.05, 3.63) is 40.9 Å². The molecule has 1 amide bonds. The van der Waals surface area contributed by atoms with Crippen LogP contribution in [0.25, 0.3) is 0 Å². The second-order valence-electron chi connectivity index (χ2n) is 5.55. The van der Waals surface area contributed by atoms with Gasteiger partial charge in [-0.1, -0.05) is 55.5 Å². The van der Waals surface area contributed by atoms with Gasteiger partial charge in [0.2, 0.25) is 11.0 Å². The lowest BCUT2D eigenvalue weighted by molar-refractivity contribution is -0.120. The van der Waals surface area contributed by atoms with Crippen molar-refractivity contribution in [1.29, 1.82) is 0 Å². The van der Waals surface area contributed by atoms with E-state index < -0.39 is 5.41 Å². The molecule has 0 aliphatic heterocycles. The lowest BCUT2D eigenvalue weighted by atomic mass is 9.84. The van der Waals surface area contributed by atoms with Gasteiger partial charge in [-0.25, -0.2) is 0 Å². The molecule has 1 heterocycles. The highest BCUT2D eigenvalue weighted by molar-refractivity contribution is 7.15. The standard InChI is InChI=1S/C15H19N3OS/c1-10(2)12-17-18-14(20-12)16-13(19)15(3,4)11-8-6-5-7-9-11/h5-10H,1-4H3,(H,16,18,19). The summed E-state index contributed by atoms with van der Waals surface area (Å²) in [5.41, 5.74) is 0.372. The molecule has 0 unspecified atom stereocenters. The van der Waals surface area contributed by atoms with Gasteiger partial charge in [0.15, 0.2) is 0 Å². The fourth-order valence-corrected chi connectivity index (χ4v) is 2.50. The van der Waals surface area contributed by atoms with Gasteiger partial charge in [0.05, 0.1) is 5.41 Å². The van der Waals surface area contributed by atoms with Gasteiger partial charge in [-0.2, -0.15) is 0 Å². The van der Waals surface area contributed by atoms with E-state index in [0.717, 1.165) is 10.6 Å². The fourth-order valence-electron chi connectivity index (χ4n) is 1.76. The van der Waals surface area contributed by atoms with Crippen molar-refractivity contribution in [2.45, 2.75) is 39.0 Å². The number of benzene rings is 1. The van der Waals surface area contributed by atoms with Crippen molar-refractivity contribution >= 4 is 22.4 Å². The van der Waals surface area contributed by atoms with Gasteiger partial charge in [-0.3, -0.25) is 10.1 Å². The van der Waals surface area contributed by atoms with Gasteiger partial charge in [-0.05, 0) is 19.4 Å². The smallest absolute Gasteiger partial charge is 0.236 e. The second-order valence-corrected chi connectivity index (χ2v) is 6.55. The topological polar surface area (TPSA) is 54.9 Å². The first-order valence-electron chi connectivity index (χ1n) is 6.61. The lowest BCUT2D eigenvalue weighted by Gasteiger charge is -2.23. The van der Waals surface area contributed by atoms with Crippen molar-refractivity contribution in [3.63, 3.8) is 0 Å². The van der Waals surface area contributed by atoms with Gasteiger partial charge in [0, 0.05) is 5.92 Å². The molecule has 2 aromatic rings. The summed E-state index contributed by atoms with van der Waals surface area (Å²) >= 11 is 1.43. The molecule has 0 aliphatic rings. The van der Waals surface area contributed by atoms with E-state index in [1.165, 1.54) is 11.3 Å². The molecular weight excluding hydrogens is 270 g/mol. The van der Waals surface area contributed by atoms with Gasteiger partial charge in [0.1, 0.15) is 5.01 Å². The van der Waals surface area contributed by atoms with Crippen molar-refractivity contribution in [2.24, 2.45) is 0 Å². The van der Waals surface area contributed by atoms with E-state index in [2.05, 4.69) is 29.4 Å². The van der Waals surface area contributed by atoms with E-state index in [9.17, 15) is 4.79 Å². The molecule has 0 atom stereocenters. The van der Waals surface area contributed by atoms with Crippen LogP contribution in [0.5, 0.6) is 0 Å². The van der Waals surface area contributed by atoms with Gasteiger partial charge >= 0.3 is 0 Å². The molecule has 106 valence electrons. The molecular formula is C15H19N3OS. The highest BCUT2D eigenvalue weighted by atomic mass is 32.1. The monoisotopic (exact) mass is 289 g/mol. The van der Waals surface area contributed by atoms with Crippen LogP contribution in [0, 0.1) is 0 Å². The summed E-state index contributed by atoms with van der Waals surface area (Å²) in [6.07, 6.45) is 0. The zero-order valence-electron chi connectivity index (χ0n) is 12.2. The molecule has 1 aromatic carbocycles. The number of amides is 1. The maximum atomic E-state index is 12.4. The molecule has 4 nitrogen and oxygen atoms in total. The summed E-state index contributed by atoms with van der Waals surface area (Å²) in [6, 6.07) is 9.73.